The van der Waals surface area contributed by atoms with Gasteiger partial charge in [-0.25, -0.2) is 13.2 Å². The first-order valence-corrected chi connectivity index (χ1v) is 12.4. The van der Waals surface area contributed by atoms with Gasteiger partial charge in [0, 0.05) is 12.8 Å². The Hall–Kier alpha value is -2.87. The molecule has 1 atom stereocenters. The largest absolute Gasteiger partial charge is 0.494 e. The average Bonchev–Trinajstić information content (AvgIpc) is 2.94. The number of amides is 3. The van der Waals surface area contributed by atoms with Crippen molar-refractivity contribution in [3.63, 3.8) is 0 Å². The molecule has 172 valence electrons. The van der Waals surface area contributed by atoms with Crippen molar-refractivity contribution in [3.8, 4) is 5.75 Å². The summed E-state index contributed by atoms with van der Waals surface area (Å²) in [5.41, 5.74) is 0.574. The van der Waals surface area contributed by atoms with Crippen molar-refractivity contribution in [1.29, 1.82) is 0 Å². The second-order valence-electron chi connectivity index (χ2n) is 9.28. The van der Waals surface area contributed by atoms with Crippen LogP contribution in [0.2, 0.25) is 0 Å². The van der Waals surface area contributed by atoms with E-state index in [0.717, 1.165) is 12.0 Å². The number of nitrogens with one attached hydrogen (secondary N) is 1. The molecule has 8 heteroatoms. The summed E-state index contributed by atoms with van der Waals surface area (Å²) in [6, 6.07) is 13.4. The van der Waals surface area contributed by atoms with Crippen molar-refractivity contribution < 1.29 is 22.7 Å². The Bertz CT molecular complexity index is 1100. The van der Waals surface area contributed by atoms with Crippen LogP contribution in [0.4, 0.5) is 4.79 Å². The molecule has 1 N–H and O–H groups in total. The SMILES string of the molecule is CC(C)(C)c1ccc(OCCCN2C(=O)NC(C)(c3ccc(S(C)(=O)=O)cc3)C2=O)cc1. The van der Waals surface area contributed by atoms with Gasteiger partial charge >= 0.3 is 6.03 Å². The van der Waals surface area contributed by atoms with Gasteiger partial charge < -0.3 is 10.1 Å². The minimum atomic E-state index is -3.34. The van der Waals surface area contributed by atoms with Gasteiger partial charge in [0.05, 0.1) is 11.5 Å². The van der Waals surface area contributed by atoms with E-state index in [2.05, 4.69) is 26.1 Å². The van der Waals surface area contributed by atoms with Crippen LogP contribution in [0, 0.1) is 0 Å². The third-order valence-electron chi connectivity index (χ3n) is 5.65. The van der Waals surface area contributed by atoms with Gasteiger partial charge in [-0.15, -0.1) is 0 Å². The number of urea groups is 1. The number of carbonyl (C=O) groups excluding carboxylic acids is 2. The highest BCUT2D eigenvalue weighted by Gasteiger charge is 2.48. The number of imide groups is 1. The summed E-state index contributed by atoms with van der Waals surface area (Å²) in [5.74, 6) is 0.371. The number of carbonyl (C=O) groups is 2. The van der Waals surface area contributed by atoms with Crippen LogP contribution >= 0.6 is 0 Å². The Labute approximate surface area is 189 Å². The predicted octanol–water partition coefficient (Wildman–Crippen LogP) is 3.62. The van der Waals surface area contributed by atoms with Crippen LogP contribution in [-0.4, -0.2) is 44.7 Å². The lowest BCUT2D eigenvalue weighted by Crippen LogP contribution is -2.41. The first kappa shape index (κ1) is 23.8. The van der Waals surface area contributed by atoms with Gasteiger partial charge in [0.2, 0.25) is 0 Å². The summed E-state index contributed by atoms with van der Waals surface area (Å²) < 4.78 is 29.1. The molecule has 0 spiro atoms. The van der Waals surface area contributed by atoms with E-state index in [1.54, 1.807) is 19.1 Å². The molecule has 1 unspecified atom stereocenters. The van der Waals surface area contributed by atoms with Gasteiger partial charge in [0.1, 0.15) is 11.3 Å². The molecule has 0 aliphatic carbocycles. The second kappa shape index (κ2) is 8.58. The molecule has 0 bridgehead atoms. The molecule has 1 aliphatic rings. The second-order valence-corrected chi connectivity index (χ2v) is 11.3. The van der Waals surface area contributed by atoms with Gasteiger partial charge in [0.15, 0.2) is 9.84 Å². The fourth-order valence-corrected chi connectivity index (χ4v) is 4.23. The minimum absolute atomic E-state index is 0.0692. The van der Waals surface area contributed by atoms with E-state index in [1.807, 2.05) is 24.3 Å². The van der Waals surface area contributed by atoms with E-state index < -0.39 is 21.4 Å². The van der Waals surface area contributed by atoms with Gasteiger partial charge in [-0.2, -0.15) is 0 Å². The molecule has 7 nitrogen and oxygen atoms in total. The van der Waals surface area contributed by atoms with Crippen molar-refractivity contribution in [3.05, 3.63) is 59.7 Å². The molecule has 2 aromatic rings. The minimum Gasteiger partial charge on any atom is -0.494 e. The van der Waals surface area contributed by atoms with E-state index in [1.165, 1.54) is 22.6 Å². The molecular weight excluding hydrogens is 428 g/mol. The number of ether oxygens (including phenoxy) is 1. The van der Waals surface area contributed by atoms with Crippen LogP contribution in [0.5, 0.6) is 5.75 Å². The maximum absolute atomic E-state index is 13.0. The number of rotatable bonds is 7. The van der Waals surface area contributed by atoms with Crippen molar-refractivity contribution in [2.45, 2.75) is 50.0 Å². The number of benzene rings is 2. The number of hydrogen-bond acceptors (Lipinski definition) is 5. The molecule has 0 saturated carbocycles. The Morgan fingerprint density at radius 1 is 1.00 bits per heavy atom. The Morgan fingerprint density at radius 2 is 1.59 bits per heavy atom. The third-order valence-corrected chi connectivity index (χ3v) is 6.78. The first-order chi connectivity index (χ1) is 14.8. The van der Waals surface area contributed by atoms with E-state index in [0.29, 0.717) is 18.6 Å². The highest BCUT2D eigenvalue weighted by atomic mass is 32.2. The smallest absolute Gasteiger partial charge is 0.325 e. The van der Waals surface area contributed by atoms with Crippen LogP contribution in [0.3, 0.4) is 0 Å². The standard InChI is InChI=1S/C24H30N2O5S/c1-23(2,3)17-7-11-19(12-8-17)31-16-6-15-26-21(27)24(4,25-22(26)28)18-9-13-20(14-10-18)32(5,29)30/h7-14H,6,15-16H2,1-5H3,(H,25,28). The van der Waals surface area contributed by atoms with Gasteiger partial charge in [-0.1, -0.05) is 45.0 Å². The summed E-state index contributed by atoms with van der Waals surface area (Å²) in [4.78, 5) is 26.8. The molecule has 0 aromatic heterocycles. The molecular formula is C24H30N2O5S. The van der Waals surface area contributed by atoms with Gasteiger partial charge in [0.25, 0.3) is 5.91 Å². The normalized spacial score (nSPS) is 19.2. The maximum Gasteiger partial charge on any atom is 0.325 e. The van der Waals surface area contributed by atoms with Crippen molar-refractivity contribution in [2.75, 3.05) is 19.4 Å². The quantitative estimate of drug-likeness (QED) is 0.505. The third kappa shape index (κ3) is 4.96. The monoisotopic (exact) mass is 458 g/mol. The lowest BCUT2D eigenvalue weighted by atomic mass is 9.87. The molecule has 32 heavy (non-hydrogen) atoms. The lowest BCUT2D eigenvalue weighted by Gasteiger charge is -2.22. The van der Waals surface area contributed by atoms with E-state index in [9.17, 15) is 18.0 Å². The van der Waals surface area contributed by atoms with Crippen molar-refractivity contribution in [1.82, 2.24) is 10.2 Å². The predicted molar refractivity (Wildman–Crippen MR) is 122 cm³/mol. The molecule has 1 saturated heterocycles. The summed E-state index contributed by atoms with van der Waals surface area (Å²) in [5, 5.41) is 2.73. The summed E-state index contributed by atoms with van der Waals surface area (Å²) in [6.45, 7) is 8.65. The molecule has 0 radical (unpaired) electrons. The van der Waals surface area contributed by atoms with E-state index in [4.69, 9.17) is 4.74 Å². The van der Waals surface area contributed by atoms with Crippen molar-refractivity contribution in [2.24, 2.45) is 0 Å². The van der Waals surface area contributed by atoms with Crippen molar-refractivity contribution >= 4 is 21.8 Å². The van der Waals surface area contributed by atoms with Gasteiger partial charge in [-0.3, -0.25) is 9.69 Å². The zero-order valence-corrected chi connectivity index (χ0v) is 20.0. The van der Waals surface area contributed by atoms with Crippen LogP contribution in [-0.2, 0) is 25.6 Å². The fraction of sp³-hybridized carbons (Fsp3) is 0.417. The Kier molecular flexibility index (Phi) is 6.38. The average molecular weight is 459 g/mol. The van der Waals surface area contributed by atoms with Crippen LogP contribution in [0.25, 0.3) is 0 Å². The molecule has 1 heterocycles. The topological polar surface area (TPSA) is 92.8 Å². The molecule has 1 fully saturated rings. The van der Waals surface area contributed by atoms with Crippen LogP contribution in [0.1, 0.15) is 45.2 Å². The molecule has 3 rings (SSSR count). The fourth-order valence-electron chi connectivity index (χ4n) is 3.59. The van der Waals surface area contributed by atoms with Crippen LogP contribution < -0.4 is 10.1 Å². The lowest BCUT2D eigenvalue weighted by molar-refractivity contribution is -0.131. The zero-order chi connectivity index (χ0) is 23.7. The summed E-state index contributed by atoms with van der Waals surface area (Å²) in [7, 11) is -3.34. The zero-order valence-electron chi connectivity index (χ0n) is 19.1. The molecule has 1 aliphatic heterocycles. The highest BCUT2D eigenvalue weighted by Crippen LogP contribution is 2.30. The highest BCUT2D eigenvalue weighted by molar-refractivity contribution is 7.90. The van der Waals surface area contributed by atoms with Gasteiger partial charge in [-0.05, 0) is 54.2 Å². The summed E-state index contributed by atoms with van der Waals surface area (Å²) in [6.07, 6.45) is 1.61. The first-order valence-electron chi connectivity index (χ1n) is 10.5. The van der Waals surface area contributed by atoms with Crippen LogP contribution in [0.15, 0.2) is 53.4 Å². The summed E-state index contributed by atoms with van der Waals surface area (Å²) >= 11 is 0. The Balaban J connectivity index is 1.59. The van der Waals surface area contributed by atoms with E-state index >= 15 is 0 Å². The number of hydrogen-bond donors (Lipinski definition) is 1. The maximum atomic E-state index is 13.0. The van der Waals surface area contributed by atoms with E-state index in [-0.39, 0.29) is 22.8 Å². The Morgan fingerprint density at radius 3 is 2.12 bits per heavy atom. The molecule has 3 amide bonds. The number of nitrogens with zero attached hydrogens (tertiary/aromatic N) is 1. The number of sulfone groups is 1. The molecule has 2 aromatic carbocycles.